The minimum absolute atomic E-state index is 0.00564. The van der Waals surface area contributed by atoms with Crippen molar-refractivity contribution in [2.45, 2.75) is 19.9 Å². The van der Waals surface area contributed by atoms with Gasteiger partial charge in [0, 0.05) is 49.9 Å². The van der Waals surface area contributed by atoms with Crippen molar-refractivity contribution in [3.05, 3.63) is 53.0 Å². The number of nitrogens with zero attached hydrogens (tertiary/aromatic N) is 6. The minimum atomic E-state index is -0.00564. The van der Waals surface area contributed by atoms with E-state index < -0.39 is 0 Å². The van der Waals surface area contributed by atoms with Crippen molar-refractivity contribution in [3.8, 4) is 5.88 Å². The maximum absolute atomic E-state index is 13.1. The first kappa shape index (κ1) is 16.7. The summed E-state index contributed by atoms with van der Waals surface area (Å²) in [5.41, 5.74) is 5.34. The molecule has 5 rings (SSSR count). The fourth-order valence-electron chi connectivity index (χ4n) is 3.96. The molecule has 0 saturated heterocycles. The van der Waals surface area contributed by atoms with Crippen LogP contribution in [0.4, 0.5) is 0 Å². The Kier molecular flexibility index (Phi) is 3.61. The predicted molar refractivity (Wildman–Crippen MR) is 103 cm³/mol. The van der Waals surface area contributed by atoms with Gasteiger partial charge in [-0.05, 0) is 25.1 Å². The van der Waals surface area contributed by atoms with Gasteiger partial charge in [-0.1, -0.05) is 0 Å². The van der Waals surface area contributed by atoms with Crippen molar-refractivity contribution in [2.75, 3.05) is 13.7 Å². The van der Waals surface area contributed by atoms with E-state index >= 15 is 0 Å². The number of amides is 1. The second-order valence-corrected chi connectivity index (χ2v) is 7.13. The van der Waals surface area contributed by atoms with Gasteiger partial charge in [0.05, 0.1) is 29.4 Å². The molecule has 4 aromatic rings. The first-order valence-electron chi connectivity index (χ1n) is 9.18. The van der Waals surface area contributed by atoms with Crippen LogP contribution in [-0.4, -0.2) is 48.8 Å². The highest BCUT2D eigenvalue weighted by molar-refractivity contribution is 5.98. The van der Waals surface area contributed by atoms with E-state index in [9.17, 15) is 4.79 Å². The van der Waals surface area contributed by atoms with Crippen molar-refractivity contribution >= 4 is 22.5 Å². The first-order valence-corrected chi connectivity index (χ1v) is 9.18. The largest absolute Gasteiger partial charge is 0.481 e. The topological polar surface area (TPSA) is 77.6 Å². The highest BCUT2D eigenvalue weighted by Gasteiger charge is 2.25. The van der Waals surface area contributed by atoms with Crippen LogP contribution in [0.3, 0.4) is 0 Å². The minimum Gasteiger partial charge on any atom is -0.481 e. The molecule has 4 heterocycles. The van der Waals surface area contributed by atoms with Gasteiger partial charge >= 0.3 is 0 Å². The second kappa shape index (κ2) is 6.05. The number of aryl methyl sites for hydroxylation is 2. The predicted octanol–water partition coefficient (Wildman–Crippen LogP) is 2.13. The number of carbonyl (C=O) groups excluding carboxylic acids is 1. The smallest absolute Gasteiger partial charge is 0.254 e. The van der Waals surface area contributed by atoms with Gasteiger partial charge in [-0.25, -0.2) is 14.2 Å². The van der Waals surface area contributed by atoms with Crippen molar-refractivity contribution in [1.29, 1.82) is 0 Å². The summed E-state index contributed by atoms with van der Waals surface area (Å²) in [7, 11) is 3.44. The molecular weight excluding hydrogens is 356 g/mol. The quantitative estimate of drug-likeness (QED) is 0.536. The van der Waals surface area contributed by atoms with Gasteiger partial charge in [0.2, 0.25) is 5.88 Å². The number of rotatable bonds is 2. The monoisotopic (exact) mass is 376 g/mol. The lowest BCUT2D eigenvalue weighted by atomic mass is 10.1. The fraction of sp³-hybridized carbons (Fsp3) is 0.300. The van der Waals surface area contributed by atoms with E-state index in [1.165, 1.54) is 0 Å². The number of methoxy groups -OCH3 is 1. The SMILES string of the molecule is COc1c2ccc(C(=O)N3CCc4c(cnc5cc(C)nn45)C3)cc2nn1C. The van der Waals surface area contributed by atoms with Gasteiger partial charge in [0.25, 0.3) is 5.91 Å². The average Bonchev–Trinajstić information content (AvgIpc) is 3.24. The summed E-state index contributed by atoms with van der Waals surface area (Å²) >= 11 is 0. The number of hydrogen-bond acceptors (Lipinski definition) is 5. The third-order valence-corrected chi connectivity index (χ3v) is 5.28. The highest BCUT2D eigenvalue weighted by Crippen LogP contribution is 2.27. The van der Waals surface area contributed by atoms with Crippen molar-refractivity contribution in [2.24, 2.45) is 7.05 Å². The molecule has 1 aliphatic heterocycles. The van der Waals surface area contributed by atoms with Crippen molar-refractivity contribution < 1.29 is 9.53 Å². The number of benzene rings is 1. The lowest BCUT2D eigenvalue weighted by Gasteiger charge is -2.28. The van der Waals surface area contributed by atoms with Crippen LogP contribution in [0.1, 0.15) is 27.3 Å². The summed E-state index contributed by atoms with van der Waals surface area (Å²) in [6.07, 6.45) is 2.61. The van der Waals surface area contributed by atoms with Crippen molar-refractivity contribution in [3.63, 3.8) is 0 Å². The Labute approximate surface area is 161 Å². The molecule has 0 fully saturated rings. The molecule has 0 saturated carbocycles. The Morgan fingerprint density at radius 2 is 2.07 bits per heavy atom. The molecule has 0 aliphatic carbocycles. The van der Waals surface area contributed by atoms with Gasteiger partial charge in [-0.2, -0.15) is 10.2 Å². The summed E-state index contributed by atoms with van der Waals surface area (Å²) in [5, 5.41) is 9.87. The lowest BCUT2D eigenvalue weighted by molar-refractivity contribution is 0.0732. The Morgan fingerprint density at radius 1 is 1.21 bits per heavy atom. The third-order valence-electron chi connectivity index (χ3n) is 5.28. The van der Waals surface area contributed by atoms with E-state index in [0.29, 0.717) is 24.5 Å². The zero-order valence-electron chi connectivity index (χ0n) is 16.0. The second-order valence-electron chi connectivity index (χ2n) is 7.13. The van der Waals surface area contributed by atoms with Crippen LogP contribution in [0.15, 0.2) is 30.5 Å². The normalized spacial score (nSPS) is 13.9. The number of aromatic nitrogens is 5. The van der Waals surface area contributed by atoms with Gasteiger partial charge in [0.15, 0.2) is 5.65 Å². The van der Waals surface area contributed by atoms with Crippen LogP contribution in [-0.2, 0) is 20.0 Å². The van der Waals surface area contributed by atoms with E-state index in [4.69, 9.17) is 4.74 Å². The molecule has 8 heteroatoms. The summed E-state index contributed by atoms with van der Waals surface area (Å²) in [5.74, 6) is 0.680. The summed E-state index contributed by atoms with van der Waals surface area (Å²) < 4.78 is 8.96. The third kappa shape index (κ3) is 2.45. The van der Waals surface area contributed by atoms with E-state index in [1.807, 2.05) is 53.8 Å². The number of fused-ring (bicyclic) bond motifs is 4. The lowest BCUT2D eigenvalue weighted by Crippen LogP contribution is -2.37. The number of ether oxygens (including phenoxy) is 1. The maximum atomic E-state index is 13.1. The molecule has 1 aliphatic rings. The molecule has 8 nitrogen and oxygen atoms in total. The Hall–Kier alpha value is -3.42. The summed E-state index contributed by atoms with van der Waals surface area (Å²) in [6, 6.07) is 7.52. The van der Waals surface area contributed by atoms with Crippen LogP contribution in [0.2, 0.25) is 0 Å². The Bertz CT molecular complexity index is 1240. The molecule has 1 amide bonds. The molecule has 0 unspecified atom stereocenters. The standard InChI is InChI=1S/C20H20N6O2/c1-12-8-18-21-10-14-11-25(7-6-17(14)26(18)22-12)19(27)13-4-5-15-16(9-13)23-24(2)20(15)28-3/h4-5,8-10H,6-7,11H2,1-3H3. The van der Waals surface area contributed by atoms with Gasteiger partial charge in [0.1, 0.15) is 0 Å². The van der Waals surface area contributed by atoms with E-state index in [1.54, 1.807) is 11.8 Å². The Balaban J connectivity index is 1.46. The molecule has 3 aromatic heterocycles. The van der Waals surface area contributed by atoms with Crippen LogP contribution in [0.5, 0.6) is 5.88 Å². The van der Waals surface area contributed by atoms with E-state index in [2.05, 4.69) is 15.2 Å². The molecule has 0 bridgehead atoms. The van der Waals surface area contributed by atoms with E-state index in [-0.39, 0.29) is 5.91 Å². The molecule has 28 heavy (non-hydrogen) atoms. The maximum Gasteiger partial charge on any atom is 0.254 e. The highest BCUT2D eigenvalue weighted by atomic mass is 16.5. The summed E-state index contributed by atoms with van der Waals surface area (Å²) in [4.78, 5) is 19.4. The molecule has 0 N–H and O–H groups in total. The number of carbonyl (C=O) groups is 1. The molecular formula is C20H20N6O2. The average molecular weight is 376 g/mol. The van der Waals surface area contributed by atoms with Gasteiger partial charge in [-0.15, -0.1) is 0 Å². The molecule has 1 aromatic carbocycles. The van der Waals surface area contributed by atoms with E-state index in [0.717, 1.165) is 39.9 Å². The number of hydrogen-bond donors (Lipinski definition) is 0. The Morgan fingerprint density at radius 3 is 2.89 bits per heavy atom. The van der Waals surface area contributed by atoms with Gasteiger partial charge in [-0.3, -0.25) is 4.79 Å². The van der Waals surface area contributed by atoms with Crippen LogP contribution in [0, 0.1) is 6.92 Å². The molecule has 0 atom stereocenters. The van der Waals surface area contributed by atoms with Crippen LogP contribution in [0.25, 0.3) is 16.6 Å². The van der Waals surface area contributed by atoms with Crippen molar-refractivity contribution in [1.82, 2.24) is 29.3 Å². The zero-order chi connectivity index (χ0) is 19.4. The molecule has 0 radical (unpaired) electrons. The van der Waals surface area contributed by atoms with Crippen LogP contribution < -0.4 is 4.74 Å². The van der Waals surface area contributed by atoms with Crippen LogP contribution >= 0.6 is 0 Å². The summed E-state index contributed by atoms with van der Waals surface area (Å²) in [6.45, 7) is 3.13. The first-order chi connectivity index (χ1) is 13.5. The molecule has 142 valence electrons. The zero-order valence-corrected chi connectivity index (χ0v) is 16.0. The molecule has 0 spiro atoms. The van der Waals surface area contributed by atoms with Gasteiger partial charge < -0.3 is 9.64 Å². The fourth-order valence-corrected chi connectivity index (χ4v) is 3.96.